The van der Waals surface area contributed by atoms with Crippen molar-refractivity contribution in [3.05, 3.63) is 33.5 Å². The van der Waals surface area contributed by atoms with E-state index in [1.165, 1.54) is 9.75 Å². The molecule has 0 fully saturated rings. The first-order valence-electron chi connectivity index (χ1n) is 8.94. The molecule has 25 heavy (non-hydrogen) atoms. The van der Waals surface area contributed by atoms with Gasteiger partial charge in [0, 0.05) is 35.8 Å². The van der Waals surface area contributed by atoms with Gasteiger partial charge in [0.05, 0.1) is 0 Å². The van der Waals surface area contributed by atoms with Crippen molar-refractivity contribution in [1.29, 1.82) is 0 Å². The van der Waals surface area contributed by atoms with Crippen molar-refractivity contribution in [3.8, 4) is 0 Å². The maximum atomic E-state index is 4.70. The molecule has 2 heterocycles. The molecule has 0 saturated carbocycles. The summed E-state index contributed by atoms with van der Waals surface area (Å²) in [7, 11) is 1.97. The Kier molecular flexibility index (Phi) is 7.43. The van der Waals surface area contributed by atoms with E-state index in [4.69, 9.17) is 4.99 Å². The van der Waals surface area contributed by atoms with Gasteiger partial charge in [-0.2, -0.15) is 0 Å². The van der Waals surface area contributed by atoms with Crippen LogP contribution in [0.1, 0.15) is 48.1 Å². The van der Waals surface area contributed by atoms with E-state index in [-0.39, 0.29) is 0 Å². The van der Waals surface area contributed by atoms with E-state index in [2.05, 4.69) is 53.7 Å². The van der Waals surface area contributed by atoms with Crippen LogP contribution in [0, 0.1) is 13.8 Å². The Morgan fingerprint density at radius 2 is 2.12 bits per heavy atom. The summed E-state index contributed by atoms with van der Waals surface area (Å²) in [5, 5.41) is 15.2. The number of unbranched alkanes of at least 4 members (excludes halogenated alkanes) is 1. The maximum absolute atomic E-state index is 4.70. The third-order valence-electron chi connectivity index (χ3n) is 4.07. The lowest BCUT2D eigenvalue weighted by Gasteiger charge is -2.18. The van der Waals surface area contributed by atoms with Crippen LogP contribution in [-0.2, 0) is 20.0 Å². The van der Waals surface area contributed by atoms with Crippen LogP contribution in [0.15, 0.2) is 17.1 Å². The van der Waals surface area contributed by atoms with E-state index in [1.54, 1.807) is 0 Å². The molecular weight excluding hydrogens is 332 g/mol. The first kappa shape index (κ1) is 19.4. The number of hydrogen-bond acceptors (Lipinski definition) is 4. The van der Waals surface area contributed by atoms with Crippen LogP contribution in [0.3, 0.4) is 0 Å². The van der Waals surface area contributed by atoms with Crippen molar-refractivity contribution < 1.29 is 0 Å². The third kappa shape index (κ3) is 6.16. The fraction of sp³-hybridized carbons (Fsp3) is 0.611. The number of hydrogen-bond donors (Lipinski definition) is 2. The molecule has 7 heteroatoms. The molecule has 0 radical (unpaired) electrons. The van der Waals surface area contributed by atoms with Crippen LogP contribution < -0.4 is 10.6 Å². The molecular formula is C18H30N6S. The van der Waals surface area contributed by atoms with Gasteiger partial charge in [-0.05, 0) is 39.3 Å². The predicted molar refractivity (Wildman–Crippen MR) is 105 cm³/mol. The minimum absolute atomic E-state index is 0.312. The Morgan fingerprint density at radius 3 is 2.72 bits per heavy atom. The van der Waals surface area contributed by atoms with Gasteiger partial charge in [0.15, 0.2) is 11.8 Å². The molecule has 6 nitrogen and oxygen atoms in total. The van der Waals surface area contributed by atoms with Gasteiger partial charge in [-0.15, -0.1) is 21.5 Å². The number of nitrogens with one attached hydrogen (secondary N) is 2. The molecule has 1 atom stereocenters. The summed E-state index contributed by atoms with van der Waals surface area (Å²) >= 11 is 1.86. The zero-order valence-electron chi connectivity index (χ0n) is 16.0. The zero-order valence-corrected chi connectivity index (χ0v) is 16.8. The number of aliphatic imine (C=N–C) groups is 1. The van der Waals surface area contributed by atoms with Gasteiger partial charge in [-0.25, -0.2) is 4.99 Å². The van der Waals surface area contributed by atoms with Crippen molar-refractivity contribution in [1.82, 2.24) is 25.4 Å². The molecule has 0 amide bonds. The Balaban J connectivity index is 1.98. The second kappa shape index (κ2) is 9.56. The second-order valence-electron chi connectivity index (χ2n) is 6.43. The smallest absolute Gasteiger partial charge is 0.191 e. The van der Waals surface area contributed by atoms with Gasteiger partial charge in [0.2, 0.25) is 0 Å². The van der Waals surface area contributed by atoms with Gasteiger partial charge in [-0.1, -0.05) is 13.3 Å². The standard InChI is InChI=1S/C18H30N6S/c1-6-7-10-19-18(20-12-17-23-22-15(4)24(17)5)21-13(2)11-16-9-8-14(3)25-16/h8-9,13H,6-7,10-12H2,1-5H3,(H2,19,20,21). The highest BCUT2D eigenvalue weighted by molar-refractivity contribution is 7.11. The summed E-state index contributed by atoms with van der Waals surface area (Å²) in [6, 6.07) is 4.70. The Morgan fingerprint density at radius 1 is 1.32 bits per heavy atom. The average molecular weight is 363 g/mol. The minimum Gasteiger partial charge on any atom is -0.356 e. The number of aryl methyl sites for hydroxylation is 2. The van der Waals surface area contributed by atoms with E-state index < -0.39 is 0 Å². The quantitative estimate of drug-likeness (QED) is 0.430. The van der Waals surface area contributed by atoms with E-state index in [0.29, 0.717) is 12.6 Å². The second-order valence-corrected chi connectivity index (χ2v) is 7.80. The minimum atomic E-state index is 0.312. The highest BCUT2D eigenvalue weighted by atomic mass is 32.1. The third-order valence-corrected chi connectivity index (χ3v) is 5.09. The van der Waals surface area contributed by atoms with Crippen LogP contribution in [0.2, 0.25) is 0 Å². The molecule has 0 aliphatic rings. The van der Waals surface area contributed by atoms with Crippen molar-refractivity contribution in [2.24, 2.45) is 12.0 Å². The van der Waals surface area contributed by atoms with Crippen molar-refractivity contribution in [3.63, 3.8) is 0 Å². The summed E-state index contributed by atoms with van der Waals surface area (Å²) in [6.07, 6.45) is 3.28. The van der Waals surface area contributed by atoms with E-state index in [9.17, 15) is 0 Å². The Hall–Kier alpha value is -1.89. The van der Waals surface area contributed by atoms with Gasteiger partial charge in [0.1, 0.15) is 12.4 Å². The van der Waals surface area contributed by atoms with Crippen molar-refractivity contribution in [2.45, 2.75) is 59.5 Å². The molecule has 2 aromatic heterocycles. The normalized spacial score (nSPS) is 13.1. The van der Waals surface area contributed by atoms with Crippen LogP contribution in [0.5, 0.6) is 0 Å². The molecule has 0 saturated heterocycles. The first-order chi connectivity index (χ1) is 12.0. The fourth-order valence-corrected chi connectivity index (χ4v) is 3.47. The highest BCUT2D eigenvalue weighted by Gasteiger charge is 2.09. The maximum Gasteiger partial charge on any atom is 0.191 e. The molecule has 0 aliphatic carbocycles. The summed E-state index contributed by atoms with van der Waals surface area (Å²) < 4.78 is 1.98. The Labute approximate surface area is 154 Å². The number of nitrogens with zero attached hydrogens (tertiary/aromatic N) is 4. The average Bonchev–Trinajstić information content (AvgIpc) is 3.11. The fourth-order valence-electron chi connectivity index (χ4n) is 2.46. The van der Waals surface area contributed by atoms with E-state index >= 15 is 0 Å². The topological polar surface area (TPSA) is 67.1 Å². The van der Waals surface area contributed by atoms with Crippen LogP contribution in [0.4, 0.5) is 0 Å². The monoisotopic (exact) mass is 362 g/mol. The summed E-state index contributed by atoms with van der Waals surface area (Å²) in [6.45, 7) is 9.92. The van der Waals surface area contributed by atoms with Crippen molar-refractivity contribution >= 4 is 17.3 Å². The number of aromatic nitrogens is 3. The molecule has 2 aromatic rings. The van der Waals surface area contributed by atoms with Crippen molar-refractivity contribution in [2.75, 3.05) is 6.54 Å². The molecule has 2 rings (SSSR count). The van der Waals surface area contributed by atoms with Crippen LogP contribution in [-0.4, -0.2) is 33.3 Å². The summed E-state index contributed by atoms with van der Waals surface area (Å²) in [4.78, 5) is 7.46. The number of guanidine groups is 1. The highest BCUT2D eigenvalue weighted by Crippen LogP contribution is 2.16. The number of thiophene rings is 1. The van der Waals surface area contributed by atoms with Gasteiger partial charge in [0.25, 0.3) is 0 Å². The van der Waals surface area contributed by atoms with Gasteiger partial charge in [-0.3, -0.25) is 0 Å². The first-order valence-corrected chi connectivity index (χ1v) is 9.76. The van der Waals surface area contributed by atoms with Gasteiger partial charge >= 0.3 is 0 Å². The lowest BCUT2D eigenvalue weighted by atomic mass is 10.2. The molecule has 138 valence electrons. The zero-order chi connectivity index (χ0) is 18.2. The van der Waals surface area contributed by atoms with Crippen LogP contribution >= 0.6 is 11.3 Å². The summed E-state index contributed by atoms with van der Waals surface area (Å²) in [5.74, 6) is 2.62. The van der Waals surface area contributed by atoms with Gasteiger partial charge < -0.3 is 15.2 Å². The molecule has 0 spiro atoms. The molecule has 2 N–H and O–H groups in total. The predicted octanol–water partition coefficient (Wildman–Crippen LogP) is 2.96. The Bertz CT molecular complexity index is 688. The van der Waals surface area contributed by atoms with E-state index in [0.717, 1.165) is 43.4 Å². The lowest BCUT2D eigenvalue weighted by molar-refractivity contribution is 0.633. The SMILES string of the molecule is CCCCNC(=NCc1nnc(C)n1C)NC(C)Cc1ccc(C)s1. The number of rotatable bonds is 8. The van der Waals surface area contributed by atoms with Crippen LogP contribution in [0.25, 0.3) is 0 Å². The summed E-state index contributed by atoms with van der Waals surface area (Å²) in [5.41, 5.74) is 0. The molecule has 0 aliphatic heterocycles. The lowest BCUT2D eigenvalue weighted by Crippen LogP contribution is -2.43. The molecule has 0 bridgehead atoms. The molecule has 0 aromatic carbocycles. The largest absolute Gasteiger partial charge is 0.356 e. The van der Waals surface area contributed by atoms with E-state index in [1.807, 2.05) is 29.9 Å². The molecule has 1 unspecified atom stereocenters.